The summed E-state index contributed by atoms with van der Waals surface area (Å²) in [4.78, 5) is 14.9. The van der Waals surface area contributed by atoms with Crippen LogP contribution in [0.3, 0.4) is 0 Å². The molecule has 2 bridgehead atoms. The number of fused-ring (bicyclic) bond motifs is 2. The van der Waals surface area contributed by atoms with Gasteiger partial charge in [-0.25, -0.2) is 4.79 Å². The van der Waals surface area contributed by atoms with Crippen molar-refractivity contribution < 1.29 is 28.8 Å². The van der Waals surface area contributed by atoms with Crippen molar-refractivity contribution >= 4 is 6.09 Å². The quantitative estimate of drug-likeness (QED) is 0.497. The molecule has 0 aromatic heterocycles. The van der Waals surface area contributed by atoms with Gasteiger partial charge in [0.15, 0.2) is 0 Å². The number of amides is 1. The van der Waals surface area contributed by atoms with Crippen LogP contribution in [0.15, 0.2) is 30.3 Å². The van der Waals surface area contributed by atoms with Gasteiger partial charge < -0.3 is 29.0 Å². The van der Waals surface area contributed by atoms with E-state index in [0.29, 0.717) is 39.2 Å². The molecule has 0 spiro atoms. The zero-order valence-corrected chi connectivity index (χ0v) is 19.2. The molecule has 1 saturated carbocycles. The first-order valence-corrected chi connectivity index (χ1v) is 11.1. The van der Waals surface area contributed by atoms with E-state index in [1.165, 1.54) is 0 Å². The van der Waals surface area contributed by atoms with Crippen LogP contribution < -0.4 is 0 Å². The van der Waals surface area contributed by atoms with E-state index in [1.54, 1.807) is 7.11 Å². The van der Waals surface area contributed by atoms with Crippen molar-refractivity contribution in [3.8, 4) is 0 Å². The topological polar surface area (TPSA) is 77.5 Å². The average molecular weight is 436 g/mol. The number of nitrogens with zero attached hydrogens (tertiary/aromatic N) is 1. The Hall–Kier alpha value is -1.67. The molecule has 7 nitrogen and oxygen atoms in total. The Balaban J connectivity index is 1.80. The van der Waals surface area contributed by atoms with Gasteiger partial charge in [0.2, 0.25) is 0 Å². The Morgan fingerprint density at radius 2 is 1.87 bits per heavy atom. The van der Waals surface area contributed by atoms with Crippen molar-refractivity contribution in [1.29, 1.82) is 0 Å². The molecular formula is C24H37NO6. The lowest BCUT2D eigenvalue weighted by Crippen LogP contribution is -2.63. The number of piperidine rings is 1. The third-order valence-corrected chi connectivity index (χ3v) is 6.22. The number of likely N-dealkylation sites (tertiary alicyclic amines) is 1. The van der Waals surface area contributed by atoms with Crippen molar-refractivity contribution in [2.75, 3.05) is 33.7 Å². The van der Waals surface area contributed by atoms with Gasteiger partial charge in [0.1, 0.15) is 12.4 Å². The van der Waals surface area contributed by atoms with Crippen LogP contribution in [0.4, 0.5) is 4.79 Å². The third-order valence-electron chi connectivity index (χ3n) is 6.22. The van der Waals surface area contributed by atoms with E-state index in [-0.39, 0.29) is 24.8 Å². The maximum absolute atomic E-state index is 13.0. The minimum atomic E-state index is -0.568. The summed E-state index contributed by atoms with van der Waals surface area (Å²) >= 11 is 0. The monoisotopic (exact) mass is 435 g/mol. The maximum Gasteiger partial charge on any atom is 0.410 e. The highest BCUT2D eigenvalue weighted by Gasteiger charge is 2.54. The Labute approximate surface area is 185 Å². The SMILES string of the molecule is COCOC[C@]1(COCc2ccccc2)CN(C(=O)OC(C)(C)C)[C@@H]2CC[C@H](O)[C@H]1C2. The molecular weight excluding hydrogens is 398 g/mol. The second-order valence-corrected chi connectivity index (χ2v) is 9.84. The van der Waals surface area contributed by atoms with Gasteiger partial charge in [-0.15, -0.1) is 0 Å². The van der Waals surface area contributed by atoms with Crippen LogP contribution in [-0.2, 0) is 25.6 Å². The molecule has 31 heavy (non-hydrogen) atoms. The fourth-order valence-corrected chi connectivity index (χ4v) is 4.82. The molecule has 1 aliphatic carbocycles. The van der Waals surface area contributed by atoms with Crippen molar-refractivity contribution in [2.24, 2.45) is 11.3 Å². The summed E-state index contributed by atoms with van der Waals surface area (Å²) in [6.07, 6.45) is 1.39. The normalized spacial score (nSPS) is 28.4. The Kier molecular flexibility index (Phi) is 7.97. The summed E-state index contributed by atoms with van der Waals surface area (Å²) in [7, 11) is 1.58. The molecule has 1 aromatic rings. The minimum absolute atomic E-state index is 0.0161. The summed E-state index contributed by atoms with van der Waals surface area (Å²) in [5, 5.41) is 10.9. The highest BCUT2D eigenvalue weighted by Crippen LogP contribution is 2.46. The van der Waals surface area contributed by atoms with Crippen molar-refractivity contribution in [3.63, 3.8) is 0 Å². The first-order chi connectivity index (χ1) is 14.7. The van der Waals surface area contributed by atoms with E-state index in [9.17, 15) is 9.90 Å². The number of aliphatic hydroxyl groups excluding tert-OH is 1. The van der Waals surface area contributed by atoms with E-state index in [4.69, 9.17) is 18.9 Å². The zero-order valence-electron chi connectivity index (χ0n) is 19.2. The fourth-order valence-electron chi connectivity index (χ4n) is 4.82. The Morgan fingerprint density at radius 3 is 2.55 bits per heavy atom. The van der Waals surface area contributed by atoms with Crippen molar-refractivity contribution in [2.45, 2.75) is 64.4 Å². The number of hydrogen-bond acceptors (Lipinski definition) is 6. The van der Waals surface area contributed by atoms with E-state index >= 15 is 0 Å². The molecule has 1 aromatic carbocycles. The molecule has 174 valence electrons. The van der Waals surface area contributed by atoms with Crippen LogP contribution >= 0.6 is 0 Å². The second kappa shape index (κ2) is 10.3. The largest absolute Gasteiger partial charge is 0.444 e. The van der Waals surface area contributed by atoms with Crippen LogP contribution in [0.5, 0.6) is 0 Å². The second-order valence-electron chi connectivity index (χ2n) is 9.84. The number of carbonyl (C=O) groups excluding carboxylic acids is 1. The molecule has 0 unspecified atom stereocenters. The number of ether oxygens (including phenoxy) is 4. The van der Waals surface area contributed by atoms with Gasteiger partial charge in [-0.1, -0.05) is 30.3 Å². The summed E-state index contributed by atoms with van der Waals surface area (Å²) in [5.41, 5.74) is -0.0286. The molecule has 1 amide bonds. The smallest absolute Gasteiger partial charge is 0.410 e. The van der Waals surface area contributed by atoms with Gasteiger partial charge in [0.05, 0.1) is 25.9 Å². The highest BCUT2D eigenvalue weighted by atomic mass is 16.7. The lowest BCUT2D eigenvalue weighted by molar-refractivity contribution is -0.169. The number of benzene rings is 1. The van der Waals surface area contributed by atoms with Gasteiger partial charge in [-0.3, -0.25) is 0 Å². The molecule has 4 atom stereocenters. The highest BCUT2D eigenvalue weighted by molar-refractivity contribution is 5.69. The Morgan fingerprint density at radius 1 is 1.16 bits per heavy atom. The third kappa shape index (κ3) is 6.19. The van der Waals surface area contributed by atoms with Crippen LogP contribution in [0.2, 0.25) is 0 Å². The van der Waals surface area contributed by atoms with Crippen molar-refractivity contribution in [3.05, 3.63) is 35.9 Å². The first-order valence-electron chi connectivity index (χ1n) is 11.1. The number of aliphatic hydroxyl groups is 1. The van der Waals surface area contributed by atoms with Gasteiger partial charge in [0.25, 0.3) is 0 Å². The molecule has 1 aliphatic heterocycles. The molecule has 0 radical (unpaired) electrons. The first kappa shape index (κ1) is 24.0. The average Bonchev–Trinajstić information content (AvgIpc) is 2.72. The van der Waals surface area contributed by atoms with Crippen molar-refractivity contribution in [1.82, 2.24) is 4.90 Å². The van der Waals surface area contributed by atoms with Gasteiger partial charge in [-0.2, -0.15) is 0 Å². The minimum Gasteiger partial charge on any atom is -0.444 e. The molecule has 2 aliphatic rings. The molecule has 1 N–H and O–H groups in total. The predicted molar refractivity (Wildman–Crippen MR) is 116 cm³/mol. The van der Waals surface area contributed by atoms with Crippen LogP contribution in [0.1, 0.15) is 45.6 Å². The van der Waals surface area contributed by atoms with Gasteiger partial charge >= 0.3 is 6.09 Å². The molecule has 3 rings (SSSR count). The molecule has 2 fully saturated rings. The predicted octanol–water partition coefficient (Wildman–Crippen LogP) is 3.59. The lowest BCUT2D eigenvalue weighted by atomic mass is 9.63. The van der Waals surface area contributed by atoms with E-state index in [2.05, 4.69) is 0 Å². The fraction of sp³-hybridized carbons (Fsp3) is 0.708. The molecule has 1 saturated heterocycles. The lowest BCUT2D eigenvalue weighted by Gasteiger charge is -2.55. The Bertz CT molecular complexity index is 706. The number of methoxy groups -OCH3 is 1. The number of hydrogen-bond donors (Lipinski definition) is 1. The summed E-state index contributed by atoms with van der Waals surface area (Å²) < 4.78 is 22.8. The van der Waals surface area contributed by atoms with Crippen LogP contribution in [0.25, 0.3) is 0 Å². The van der Waals surface area contributed by atoms with Gasteiger partial charge in [-0.05, 0) is 51.5 Å². The standard InChI is InChI=1S/C24H37NO6/c1-23(2,3)31-22(27)25-14-24(16-30-17-28-4,20-12-19(25)10-11-21(20)26)15-29-13-18-8-6-5-7-9-18/h5-9,19-21,26H,10-17H2,1-4H3/t19-,20-,21+,24-/m1/s1. The molecule has 7 heteroatoms. The summed E-state index contributed by atoms with van der Waals surface area (Å²) in [5.74, 6) is -0.0161. The number of rotatable bonds is 8. The number of carbonyl (C=O) groups is 1. The van der Waals surface area contributed by atoms with E-state index in [1.807, 2.05) is 56.0 Å². The molecule has 1 heterocycles. The summed E-state index contributed by atoms with van der Waals surface area (Å²) in [6.45, 7) is 7.38. The van der Waals surface area contributed by atoms with Crippen LogP contribution in [0, 0.1) is 11.3 Å². The van der Waals surface area contributed by atoms with E-state index < -0.39 is 17.1 Å². The van der Waals surface area contributed by atoms with E-state index in [0.717, 1.165) is 12.0 Å². The summed E-state index contributed by atoms with van der Waals surface area (Å²) in [6, 6.07) is 10.0. The zero-order chi connectivity index (χ0) is 22.5. The van der Waals surface area contributed by atoms with Gasteiger partial charge in [0, 0.05) is 25.1 Å². The maximum atomic E-state index is 13.0. The van der Waals surface area contributed by atoms with Crippen LogP contribution in [-0.4, -0.2) is 67.5 Å².